The lowest BCUT2D eigenvalue weighted by atomic mass is 10.2. The third-order valence-corrected chi connectivity index (χ3v) is 2.82. The van der Waals surface area contributed by atoms with Crippen LogP contribution in [-0.2, 0) is 11.3 Å². The molecule has 0 spiro atoms. The average Bonchev–Trinajstić information content (AvgIpc) is 2.99. The first kappa shape index (κ1) is 11.1. The Labute approximate surface area is 94.5 Å². The van der Waals surface area contributed by atoms with E-state index in [4.69, 9.17) is 5.11 Å². The zero-order valence-corrected chi connectivity index (χ0v) is 9.39. The molecule has 88 valence electrons. The van der Waals surface area contributed by atoms with E-state index in [-0.39, 0.29) is 0 Å². The number of nitrogens with zero attached hydrogens (tertiary/aromatic N) is 2. The SMILES string of the molecule is CCNC(Cn1cc(C2CC2)cn1)C(=O)O. The molecule has 16 heavy (non-hydrogen) atoms. The van der Waals surface area contributed by atoms with E-state index in [1.54, 1.807) is 4.68 Å². The van der Waals surface area contributed by atoms with Crippen molar-refractivity contribution in [1.82, 2.24) is 15.1 Å². The van der Waals surface area contributed by atoms with Crippen LogP contribution in [0, 0.1) is 0 Å². The van der Waals surface area contributed by atoms with Crippen LogP contribution in [-0.4, -0.2) is 33.4 Å². The van der Waals surface area contributed by atoms with Crippen LogP contribution in [0.25, 0.3) is 0 Å². The smallest absolute Gasteiger partial charge is 0.322 e. The molecule has 5 heteroatoms. The number of aromatic nitrogens is 2. The van der Waals surface area contributed by atoms with Gasteiger partial charge in [-0.3, -0.25) is 9.48 Å². The summed E-state index contributed by atoms with van der Waals surface area (Å²) in [5, 5.41) is 16.1. The normalized spacial score (nSPS) is 17.3. The fourth-order valence-corrected chi connectivity index (χ4v) is 1.77. The van der Waals surface area contributed by atoms with Gasteiger partial charge in [0.25, 0.3) is 0 Å². The molecule has 5 nitrogen and oxygen atoms in total. The van der Waals surface area contributed by atoms with Gasteiger partial charge in [0.1, 0.15) is 6.04 Å². The molecule has 1 heterocycles. The highest BCUT2D eigenvalue weighted by Gasteiger charge is 2.25. The van der Waals surface area contributed by atoms with Crippen molar-refractivity contribution >= 4 is 5.97 Å². The lowest BCUT2D eigenvalue weighted by Gasteiger charge is -2.12. The van der Waals surface area contributed by atoms with Gasteiger partial charge in [0.2, 0.25) is 0 Å². The van der Waals surface area contributed by atoms with Gasteiger partial charge < -0.3 is 10.4 Å². The quantitative estimate of drug-likeness (QED) is 0.749. The second-order valence-electron chi connectivity index (χ2n) is 4.22. The summed E-state index contributed by atoms with van der Waals surface area (Å²) in [5.74, 6) is -0.165. The first-order chi connectivity index (χ1) is 7.70. The number of carboxylic acids is 1. The summed E-state index contributed by atoms with van der Waals surface area (Å²) in [4.78, 5) is 10.9. The van der Waals surface area contributed by atoms with Crippen molar-refractivity contribution in [2.24, 2.45) is 0 Å². The predicted octanol–water partition coefficient (Wildman–Crippen LogP) is 0.823. The summed E-state index contributed by atoms with van der Waals surface area (Å²) in [7, 11) is 0. The summed E-state index contributed by atoms with van der Waals surface area (Å²) in [6, 6.07) is -0.558. The minimum atomic E-state index is -0.828. The summed E-state index contributed by atoms with van der Waals surface area (Å²) in [6.07, 6.45) is 6.29. The van der Waals surface area contributed by atoms with Crippen LogP contribution >= 0.6 is 0 Å². The van der Waals surface area contributed by atoms with Crippen molar-refractivity contribution in [2.75, 3.05) is 6.54 Å². The fourth-order valence-electron chi connectivity index (χ4n) is 1.77. The van der Waals surface area contributed by atoms with Gasteiger partial charge in [0.15, 0.2) is 0 Å². The van der Waals surface area contributed by atoms with E-state index in [9.17, 15) is 4.79 Å². The number of hydrogen-bond acceptors (Lipinski definition) is 3. The number of rotatable bonds is 6. The second kappa shape index (κ2) is 4.65. The molecule has 0 amide bonds. The van der Waals surface area contributed by atoms with Crippen LogP contribution in [0.2, 0.25) is 0 Å². The Morgan fingerprint density at radius 1 is 1.75 bits per heavy atom. The topological polar surface area (TPSA) is 67.2 Å². The molecule has 2 N–H and O–H groups in total. The monoisotopic (exact) mass is 223 g/mol. The van der Waals surface area contributed by atoms with Crippen LogP contribution < -0.4 is 5.32 Å². The van der Waals surface area contributed by atoms with Crippen molar-refractivity contribution in [3.05, 3.63) is 18.0 Å². The molecule has 0 saturated heterocycles. The van der Waals surface area contributed by atoms with Crippen LogP contribution in [0.5, 0.6) is 0 Å². The summed E-state index contributed by atoms with van der Waals surface area (Å²) < 4.78 is 1.72. The van der Waals surface area contributed by atoms with Crippen LogP contribution in [0.1, 0.15) is 31.2 Å². The fraction of sp³-hybridized carbons (Fsp3) is 0.636. The number of carbonyl (C=O) groups is 1. The number of aliphatic carboxylic acids is 1. The van der Waals surface area contributed by atoms with Crippen molar-refractivity contribution in [3.8, 4) is 0 Å². The van der Waals surface area contributed by atoms with Crippen molar-refractivity contribution in [1.29, 1.82) is 0 Å². The Hall–Kier alpha value is -1.36. The molecule has 0 aliphatic heterocycles. The predicted molar refractivity (Wildman–Crippen MR) is 59.3 cm³/mol. The van der Waals surface area contributed by atoms with Crippen LogP contribution in [0.4, 0.5) is 0 Å². The third kappa shape index (κ3) is 2.61. The van der Waals surface area contributed by atoms with Crippen molar-refractivity contribution < 1.29 is 9.90 Å². The maximum absolute atomic E-state index is 10.9. The molecule has 0 radical (unpaired) electrons. The minimum Gasteiger partial charge on any atom is -0.480 e. The van der Waals surface area contributed by atoms with E-state index in [0.717, 1.165) is 0 Å². The van der Waals surface area contributed by atoms with Crippen LogP contribution in [0.3, 0.4) is 0 Å². The molecule has 1 unspecified atom stereocenters. The van der Waals surface area contributed by atoms with E-state index >= 15 is 0 Å². The Kier molecular flexibility index (Phi) is 3.24. The molecule has 1 aromatic heterocycles. The van der Waals surface area contributed by atoms with Crippen molar-refractivity contribution in [3.63, 3.8) is 0 Å². The van der Waals surface area contributed by atoms with Gasteiger partial charge in [-0.05, 0) is 30.9 Å². The molecule has 2 rings (SSSR count). The molecule has 1 saturated carbocycles. The maximum Gasteiger partial charge on any atom is 0.322 e. The molecule has 1 aromatic rings. The number of carboxylic acid groups (broad SMARTS) is 1. The van der Waals surface area contributed by atoms with Gasteiger partial charge in [-0.15, -0.1) is 0 Å². The summed E-state index contributed by atoms with van der Waals surface area (Å²) in [5.41, 5.74) is 1.24. The Balaban J connectivity index is 1.97. The number of likely N-dealkylation sites (N-methyl/N-ethyl adjacent to an activating group) is 1. The minimum absolute atomic E-state index is 0.385. The van der Waals surface area contributed by atoms with Gasteiger partial charge in [-0.1, -0.05) is 6.92 Å². The molecule has 1 fully saturated rings. The average molecular weight is 223 g/mol. The van der Waals surface area contributed by atoms with Gasteiger partial charge in [0.05, 0.1) is 12.7 Å². The molecule has 1 atom stereocenters. The molecule has 1 aliphatic carbocycles. The molecule has 1 aliphatic rings. The van der Waals surface area contributed by atoms with E-state index in [1.807, 2.05) is 19.3 Å². The number of hydrogen-bond donors (Lipinski definition) is 2. The molecule has 0 aromatic carbocycles. The zero-order valence-electron chi connectivity index (χ0n) is 9.39. The molecule has 0 bridgehead atoms. The zero-order chi connectivity index (χ0) is 11.5. The Bertz CT molecular complexity index is 371. The van der Waals surface area contributed by atoms with Gasteiger partial charge in [-0.2, -0.15) is 5.10 Å². The first-order valence-corrected chi connectivity index (χ1v) is 5.69. The highest BCUT2D eigenvalue weighted by atomic mass is 16.4. The number of nitrogens with one attached hydrogen (secondary N) is 1. The van der Waals surface area contributed by atoms with Gasteiger partial charge >= 0.3 is 5.97 Å². The largest absolute Gasteiger partial charge is 0.480 e. The summed E-state index contributed by atoms with van der Waals surface area (Å²) >= 11 is 0. The van der Waals surface area contributed by atoms with E-state index in [2.05, 4.69) is 10.4 Å². The Morgan fingerprint density at radius 2 is 2.50 bits per heavy atom. The van der Waals surface area contributed by atoms with Gasteiger partial charge in [-0.25, -0.2) is 0 Å². The second-order valence-corrected chi connectivity index (χ2v) is 4.22. The van der Waals surface area contributed by atoms with Crippen LogP contribution in [0.15, 0.2) is 12.4 Å². The highest BCUT2D eigenvalue weighted by molar-refractivity contribution is 5.73. The lowest BCUT2D eigenvalue weighted by molar-refractivity contribution is -0.139. The maximum atomic E-state index is 10.9. The van der Waals surface area contributed by atoms with E-state index in [0.29, 0.717) is 19.0 Å². The standard InChI is InChI=1S/C11H17N3O2/c1-2-12-10(11(15)16)7-14-6-9(5-13-14)8-3-4-8/h5-6,8,10,12H,2-4,7H2,1H3,(H,15,16). The van der Waals surface area contributed by atoms with Crippen molar-refractivity contribution in [2.45, 2.75) is 38.3 Å². The molecular weight excluding hydrogens is 206 g/mol. The van der Waals surface area contributed by atoms with E-state index in [1.165, 1.54) is 18.4 Å². The summed E-state index contributed by atoms with van der Waals surface area (Å²) in [6.45, 7) is 2.93. The first-order valence-electron chi connectivity index (χ1n) is 5.69. The Morgan fingerprint density at radius 3 is 3.06 bits per heavy atom. The third-order valence-electron chi connectivity index (χ3n) is 2.82. The lowest BCUT2D eigenvalue weighted by Crippen LogP contribution is -2.40. The highest BCUT2D eigenvalue weighted by Crippen LogP contribution is 2.39. The van der Waals surface area contributed by atoms with Gasteiger partial charge in [0, 0.05) is 6.20 Å². The van der Waals surface area contributed by atoms with E-state index < -0.39 is 12.0 Å². The molecular formula is C11H17N3O2.